The summed E-state index contributed by atoms with van der Waals surface area (Å²) in [4.78, 5) is 2.32. The maximum atomic E-state index is 13.1. The van der Waals surface area contributed by atoms with Crippen LogP contribution >= 0.6 is 0 Å². The van der Waals surface area contributed by atoms with Crippen LogP contribution in [0.15, 0.2) is 60.7 Å². The molecule has 0 bridgehead atoms. The van der Waals surface area contributed by atoms with Crippen molar-refractivity contribution >= 4 is 5.69 Å². The molecule has 34 heavy (non-hydrogen) atoms. The van der Waals surface area contributed by atoms with E-state index in [4.69, 9.17) is 10.5 Å². The lowest BCUT2D eigenvalue weighted by Gasteiger charge is -2.33. The number of likely N-dealkylation sites (tertiary alicyclic amines) is 1. The molecule has 0 aromatic heterocycles. The van der Waals surface area contributed by atoms with Gasteiger partial charge in [-0.25, -0.2) is 4.39 Å². The number of ether oxygens (including phenoxy) is 1. The molecule has 1 saturated heterocycles. The lowest BCUT2D eigenvalue weighted by atomic mass is 9.88. The predicted molar refractivity (Wildman–Crippen MR) is 136 cm³/mol. The number of benzene rings is 3. The summed E-state index contributed by atoms with van der Waals surface area (Å²) in [6.07, 6.45) is 2.42. The zero-order chi connectivity index (χ0) is 24.1. The second kappa shape index (κ2) is 11.0. The van der Waals surface area contributed by atoms with E-state index in [0.717, 1.165) is 49.0 Å². The van der Waals surface area contributed by atoms with Gasteiger partial charge in [-0.2, -0.15) is 0 Å². The molecule has 4 nitrogen and oxygen atoms in total. The van der Waals surface area contributed by atoms with Gasteiger partial charge in [0.1, 0.15) is 24.3 Å². The summed E-state index contributed by atoms with van der Waals surface area (Å²) in [6.45, 7) is 6.76. The molecule has 1 fully saturated rings. The molecule has 3 aromatic carbocycles. The molecule has 1 heterocycles. The van der Waals surface area contributed by atoms with E-state index in [1.807, 2.05) is 38.1 Å². The van der Waals surface area contributed by atoms with E-state index in [0.29, 0.717) is 23.9 Å². The van der Waals surface area contributed by atoms with E-state index >= 15 is 0 Å². The van der Waals surface area contributed by atoms with Crippen LogP contribution in [0, 0.1) is 19.7 Å². The van der Waals surface area contributed by atoms with Gasteiger partial charge in [0.2, 0.25) is 0 Å². The van der Waals surface area contributed by atoms with Gasteiger partial charge in [-0.1, -0.05) is 42.5 Å². The average molecular weight is 463 g/mol. The van der Waals surface area contributed by atoms with Crippen LogP contribution in [0.3, 0.4) is 0 Å². The largest absolute Gasteiger partial charge is 0.488 e. The first-order chi connectivity index (χ1) is 16.4. The van der Waals surface area contributed by atoms with Crippen LogP contribution in [0.4, 0.5) is 10.1 Å². The lowest BCUT2D eigenvalue weighted by molar-refractivity contribution is 0.0595. The molecule has 3 aromatic rings. The van der Waals surface area contributed by atoms with E-state index < -0.39 is 6.10 Å². The number of rotatable bonds is 8. The molecule has 1 aliphatic heterocycles. The number of nitrogen functional groups attached to an aromatic ring is 1. The van der Waals surface area contributed by atoms with E-state index in [1.54, 1.807) is 0 Å². The summed E-state index contributed by atoms with van der Waals surface area (Å²) in [5.74, 6) is 1.02. The van der Waals surface area contributed by atoms with E-state index in [1.165, 1.54) is 23.3 Å². The van der Waals surface area contributed by atoms with Crippen molar-refractivity contribution in [1.82, 2.24) is 4.90 Å². The van der Waals surface area contributed by atoms with Crippen LogP contribution < -0.4 is 10.5 Å². The zero-order valence-corrected chi connectivity index (χ0v) is 20.1. The zero-order valence-electron chi connectivity index (χ0n) is 20.1. The summed E-state index contributed by atoms with van der Waals surface area (Å²) < 4.78 is 19.0. The SMILES string of the molecule is Cc1cc(C)c(OC[C@@H](O)CN2CCC(c3ccc(Cc4ccc(F)cc4)cc3)CC2)c(N)c1. The molecular formula is C29H35FN2O2. The Morgan fingerprint density at radius 3 is 2.24 bits per heavy atom. The molecule has 0 saturated carbocycles. The Labute approximate surface area is 202 Å². The van der Waals surface area contributed by atoms with Crippen molar-refractivity contribution in [2.45, 2.75) is 45.1 Å². The number of β-amino-alcohol motifs (C(OH)–C–C–N with tert-alkyl or cyclic N) is 1. The molecule has 1 aliphatic rings. The van der Waals surface area contributed by atoms with Gasteiger partial charge in [0.15, 0.2) is 0 Å². The number of aryl methyl sites for hydroxylation is 2. The van der Waals surface area contributed by atoms with E-state index in [2.05, 4.69) is 29.2 Å². The number of anilines is 1. The van der Waals surface area contributed by atoms with Gasteiger partial charge in [-0.3, -0.25) is 0 Å². The Kier molecular flexibility index (Phi) is 7.86. The first-order valence-electron chi connectivity index (χ1n) is 12.1. The van der Waals surface area contributed by atoms with Gasteiger partial charge in [-0.05, 0) is 98.1 Å². The van der Waals surface area contributed by atoms with E-state index in [-0.39, 0.29) is 12.4 Å². The maximum absolute atomic E-state index is 13.1. The summed E-state index contributed by atoms with van der Waals surface area (Å²) in [5.41, 5.74) is 12.5. The molecule has 0 aliphatic carbocycles. The maximum Gasteiger partial charge on any atom is 0.145 e. The van der Waals surface area contributed by atoms with Crippen molar-refractivity contribution in [2.75, 3.05) is 32.0 Å². The number of hydrogen-bond acceptors (Lipinski definition) is 4. The highest BCUT2D eigenvalue weighted by atomic mass is 19.1. The minimum Gasteiger partial charge on any atom is -0.488 e. The number of nitrogens with two attached hydrogens (primary N) is 1. The minimum atomic E-state index is -0.553. The molecule has 5 heteroatoms. The standard InChI is InChI=1S/C29H35FN2O2/c1-20-15-21(2)29(28(31)16-20)34-19-27(33)18-32-13-11-25(12-14-32)24-7-3-22(4-8-24)17-23-5-9-26(30)10-6-23/h3-10,15-16,25,27,33H,11-14,17-19,31H2,1-2H3/t27-/m0/s1. The highest BCUT2D eigenvalue weighted by molar-refractivity contribution is 5.58. The summed E-state index contributed by atoms with van der Waals surface area (Å²) in [7, 11) is 0. The molecule has 180 valence electrons. The molecular weight excluding hydrogens is 427 g/mol. The normalized spacial score (nSPS) is 15.9. The molecule has 1 atom stereocenters. The Morgan fingerprint density at radius 1 is 1.00 bits per heavy atom. The number of aliphatic hydroxyl groups excluding tert-OH is 1. The molecule has 4 rings (SSSR count). The molecule has 0 amide bonds. The first kappa shape index (κ1) is 24.2. The van der Waals surface area contributed by atoms with Crippen LogP contribution in [0.2, 0.25) is 0 Å². The monoisotopic (exact) mass is 462 g/mol. The van der Waals surface area contributed by atoms with Crippen molar-refractivity contribution in [1.29, 1.82) is 0 Å². The number of hydrogen-bond donors (Lipinski definition) is 2. The van der Waals surface area contributed by atoms with Crippen molar-refractivity contribution in [2.24, 2.45) is 0 Å². The van der Waals surface area contributed by atoms with Gasteiger partial charge in [0.05, 0.1) is 5.69 Å². The summed E-state index contributed by atoms with van der Waals surface area (Å²) in [5, 5.41) is 10.5. The fourth-order valence-corrected chi connectivity index (χ4v) is 4.91. The first-order valence-corrected chi connectivity index (χ1v) is 12.1. The second-order valence-electron chi connectivity index (χ2n) is 9.58. The number of piperidine rings is 1. The fraction of sp³-hybridized carbons (Fsp3) is 0.379. The van der Waals surface area contributed by atoms with Crippen LogP contribution in [0.5, 0.6) is 5.75 Å². The van der Waals surface area contributed by atoms with E-state index in [9.17, 15) is 9.50 Å². The molecule has 0 spiro atoms. The Hall–Kier alpha value is -2.89. The van der Waals surface area contributed by atoms with Crippen molar-refractivity contribution < 1.29 is 14.2 Å². The fourth-order valence-electron chi connectivity index (χ4n) is 4.91. The number of halogens is 1. The molecule has 3 N–H and O–H groups in total. The van der Waals surface area contributed by atoms with Gasteiger partial charge in [0.25, 0.3) is 0 Å². The van der Waals surface area contributed by atoms with Crippen LogP contribution in [-0.2, 0) is 6.42 Å². The predicted octanol–water partition coefficient (Wildman–Crippen LogP) is 5.23. The van der Waals surface area contributed by atoms with Crippen LogP contribution in [-0.4, -0.2) is 42.4 Å². The summed E-state index contributed by atoms with van der Waals surface area (Å²) in [6, 6.07) is 19.5. The Balaban J connectivity index is 1.22. The summed E-state index contributed by atoms with van der Waals surface area (Å²) >= 11 is 0. The number of aliphatic hydroxyl groups is 1. The Morgan fingerprint density at radius 2 is 1.62 bits per heavy atom. The third-order valence-corrected chi connectivity index (χ3v) is 6.70. The average Bonchev–Trinajstić information content (AvgIpc) is 2.81. The van der Waals surface area contributed by atoms with Crippen molar-refractivity contribution in [3.63, 3.8) is 0 Å². The van der Waals surface area contributed by atoms with Crippen molar-refractivity contribution in [3.05, 3.63) is 94.3 Å². The molecule has 0 unspecified atom stereocenters. The van der Waals surface area contributed by atoms with Crippen LogP contribution in [0.1, 0.15) is 46.6 Å². The van der Waals surface area contributed by atoms with Crippen molar-refractivity contribution in [3.8, 4) is 5.75 Å². The second-order valence-corrected chi connectivity index (χ2v) is 9.58. The lowest BCUT2D eigenvalue weighted by Crippen LogP contribution is -2.40. The van der Waals surface area contributed by atoms with Gasteiger partial charge < -0.3 is 20.5 Å². The van der Waals surface area contributed by atoms with Crippen LogP contribution in [0.25, 0.3) is 0 Å². The Bertz CT molecular complexity index is 1050. The molecule has 0 radical (unpaired) electrons. The minimum absolute atomic E-state index is 0.198. The third-order valence-electron chi connectivity index (χ3n) is 6.70. The highest BCUT2D eigenvalue weighted by Gasteiger charge is 2.22. The highest BCUT2D eigenvalue weighted by Crippen LogP contribution is 2.30. The van der Waals surface area contributed by atoms with Gasteiger partial charge in [0, 0.05) is 6.54 Å². The quantitative estimate of drug-likeness (QED) is 0.450. The topological polar surface area (TPSA) is 58.7 Å². The van der Waals surface area contributed by atoms with Gasteiger partial charge in [-0.15, -0.1) is 0 Å². The number of nitrogens with zero attached hydrogens (tertiary/aromatic N) is 1. The smallest absolute Gasteiger partial charge is 0.145 e. The van der Waals surface area contributed by atoms with Gasteiger partial charge >= 0.3 is 0 Å². The third kappa shape index (κ3) is 6.37.